The number of hydrogen-bond donors (Lipinski definition) is 2. The number of benzene rings is 1. The molecule has 1 spiro atoms. The van der Waals surface area contributed by atoms with Crippen LogP contribution in [0.15, 0.2) is 42.6 Å². The Morgan fingerprint density at radius 2 is 2.20 bits per heavy atom. The molecular weight excluding hydrogens is 316 g/mol. The fourth-order valence-electron chi connectivity index (χ4n) is 3.69. The van der Waals surface area contributed by atoms with E-state index in [1.54, 1.807) is 6.20 Å². The van der Waals surface area contributed by atoms with Gasteiger partial charge in [0.25, 0.3) is 0 Å². The molecule has 3 heterocycles. The molecule has 2 aliphatic rings. The lowest BCUT2D eigenvalue weighted by Gasteiger charge is -2.07. The van der Waals surface area contributed by atoms with E-state index >= 15 is 0 Å². The van der Waals surface area contributed by atoms with Gasteiger partial charge >= 0.3 is 0 Å². The van der Waals surface area contributed by atoms with E-state index in [2.05, 4.69) is 20.3 Å². The summed E-state index contributed by atoms with van der Waals surface area (Å²) in [5.41, 5.74) is 2.90. The largest absolute Gasteiger partial charge is 0.381 e. The molecular formula is C19H18N4O2. The second kappa shape index (κ2) is 5.39. The Balaban J connectivity index is 1.31. The smallest absolute Gasteiger partial charge is 0.229 e. The first-order chi connectivity index (χ1) is 12.2. The van der Waals surface area contributed by atoms with Crippen molar-refractivity contribution in [3.8, 4) is 11.4 Å². The normalized spacial score (nSPS) is 24.7. The number of aromatic nitrogens is 3. The molecule has 2 aromatic heterocycles. The highest BCUT2D eigenvalue weighted by Gasteiger charge is 2.59. The van der Waals surface area contributed by atoms with E-state index in [1.165, 1.54) is 0 Å². The molecule has 0 bridgehead atoms. The lowest BCUT2D eigenvalue weighted by molar-refractivity contribution is -0.118. The molecule has 2 N–H and O–H groups in total. The van der Waals surface area contributed by atoms with Crippen molar-refractivity contribution < 1.29 is 9.53 Å². The molecule has 2 atom stereocenters. The fourth-order valence-corrected chi connectivity index (χ4v) is 3.69. The highest BCUT2D eigenvalue weighted by Crippen LogP contribution is 2.58. The number of carbonyl (C=O) groups excluding carboxylic acids is 1. The van der Waals surface area contributed by atoms with Crippen LogP contribution in [0.25, 0.3) is 22.4 Å². The van der Waals surface area contributed by atoms with Crippen molar-refractivity contribution in [1.82, 2.24) is 15.0 Å². The van der Waals surface area contributed by atoms with Gasteiger partial charge in [0, 0.05) is 29.7 Å². The summed E-state index contributed by atoms with van der Waals surface area (Å²) in [6, 6.07) is 11.6. The first-order valence-corrected chi connectivity index (χ1v) is 8.53. The Morgan fingerprint density at radius 1 is 1.28 bits per heavy atom. The second-order valence-electron chi connectivity index (χ2n) is 6.95. The van der Waals surface area contributed by atoms with Gasteiger partial charge in [0.1, 0.15) is 11.6 Å². The number of nitrogens with zero attached hydrogens (tertiary/aromatic N) is 2. The van der Waals surface area contributed by atoms with Gasteiger partial charge in [-0.1, -0.05) is 12.1 Å². The summed E-state index contributed by atoms with van der Waals surface area (Å²) in [5.74, 6) is 1.46. The summed E-state index contributed by atoms with van der Waals surface area (Å²) in [6.45, 7) is 1.48. The number of H-pyrrole nitrogens is 1. The average Bonchev–Trinajstić information content (AvgIpc) is 2.96. The van der Waals surface area contributed by atoms with Crippen molar-refractivity contribution in [1.29, 1.82) is 0 Å². The summed E-state index contributed by atoms with van der Waals surface area (Å²) in [4.78, 5) is 24.6. The third kappa shape index (κ3) is 2.49. The third-order valence-corrected chi connectivity index (χ3v) is 5.32. The number of nitrogens with one attached hydrogen (secondary N) is 2. The molecule has 5 rings (SSSR count). The van der Waals surface area contributed by atoms with Gasteiger partial charge in [-0.3, -0.25) is 4.79 Å². The number of rotatable bonds is 3. The molecule has 6 heteroatoms. The van der Waals surface area contributed by atoms with Crippen molar-refractivity contribution in [2.24, 2.45) is 11.3 Å². The summed E-state index contributed by atoms with van der Waals surface area (Å²) < 4.78 is 5.44. The van der Waals surface area contributed by atoms with Crippen LogP contribution in [0.1, 0.15) is 12.8 Å². The van der Waals surface area contributed by atoms with Crippen LogP contribution in [0.3, 0.4) is 0 Å². The van der Waals surface area contributed by atoms with Gasteiger partial charge in [0.05, 0.1) is 17.6 Å². The molecule has 1 amide bonds. The van der Waals surface area contributed by atoms with Gasteiger partial charge in [0.2, 0.25) is 5.91 Å². The Labute approximate surface area is 144 Å². The number of aromatic amines is 1. The van der Waals surface area contributed by atoms with Gasteiger partial charge in [-0.15, -0.1) is 0 Å². The minimum atomic E-state index is 0.0505. The number of para-hydroxylation sites is 2. The molecule has 6 nitrogen and oxygen atoms in total. The van der Waals surface area contributed by atoms with Crippen LogP contribution in [-0.4, -0.2) is 34.1 Å². The summed E-state index contributed by atoms with van der Waals surface area (Å²) in [5, 5.41) is 2.92. The van der Waals surface area contributed by atoms with Gasteiger partial charge in [0.15, 0.2) is 0 Å². The number of anilines is 1. The summed E-state index contributed by atoms with van der Waals surface area (Å²) >= 11 is 0. The van der Waals surface area contributed by atoms with Crippen molar-refractivity contribution in [3.05, 3.63) is 42.6 Å². The molecule has 0 radical (unpaired) electrons. The molecule has 3 aromatic rings. The minimum absolute atomic E-state index is 0.0505. The second-order valence-corrected chi connectivity index (χ2v) is 6.95. The Morgan fingerprint density at radius 3 is 2.96 bits per heavy atom. The van der Waals surface area contributed by atoms with E-state index in [0.717, 1.165) is 41.9 Å². The molecule has 2 fully saturated rings. The van der Waals surface area contributed by atoms with Gasteiger partial charge in [-0.2, -0.15) is 0 Å². The molecule has 1 aromatic carbocycles. The number of ether oxygens (including phenoxy) is 1. The molecule has 1 aliphatic carbocycles. The monoisotopic (exact) mass is 334 g/mol. The van der Waals surface area contributed by atoms with Crippen molar-refractivity contribution >= 4 is 22.8 Å². The van der Waals surface area contributed by atoms with Gasteiger partial charge < -0.3 is 15.0 Å². The maximum absolute atomic E-state index is 12.4. The maximum atomic E-state index is 12.4. The van der Waals surface area contributed by atoms with Crippen LogP contribution in [0.4, 0.5) is 5.82 Å². The van der Waals surface area contributed by atoms with Crippen LogP contribution in [0, 0.1) is 11.3 Å². The zero-order valence-corrected chi connectivity index (χ0v) is 13.7. The van der Waals surface area contributed by atoms with Crippen LogP contribution in [0.2, 0.25) is 0 Å². The zero-order valence-electron chi connectivity index (χ0n) is 13.7. The third-order valence-electron chi connectivity index (χ3n) is 5.32. The molecule has 1 saturated heterocycles. The van der Waals surface area contributed by atoms with E-state index in [-0.39, 0.29) is 17.2 Å². The summed E-state index contributed by atoms with van der Waals surface area (Å²) in [6.07, 6.45) is 3.65. The fraction of sp³-hybridized carbons (Fsp3) is 0.316. The number of pyridine rings is 1. The first kappa shape index (κ1) is 14.6. The van der Waals surface area contributed by atoms with Crippen molar-refractivity contribution in [2.75, 3.05) is 18.5 Å². The Hall–Kier alpha value is -2.73. The highest BCUT2D eigenvalue weighted by molar-refractivity contribution is 5.94. The predicted molar refractivity (Wildman–Crippen MR) is 93.9 cm³/mol. The minimum Gasteiger partial charge on any atom is -0.381 e. The lowest BCUT2D eigenvalue weighted by Crippen LogP contribution is -2.19. The number of imidazole rings is 1. The van der Waals surface area contributed by atoms with Crippen LogP contribution < -0.4 is 5.32 Å². The van der Waals surface area contributed by atoms with E-state index in [9.17, 15) is 4.79 Å². The number of carbonyl (C=O) groups is 1. The van der Waals surface area contributed by atoms with Gasteiger partial charge in [-0.05, 0) is 37.1 Å². The maximum Gasteiger partial charge on any atom is 0.229 e. The predicted octanol–water partition coefficient (Wildman–Crippen LogP) is 2.99. The number of fused-ring (bicyclic) bond motifs is 1. The van der Waals surface area contributed by atoms with Crippen molar-refractivity contribution in [3.63, 3.8) is 0 Å². The lowest BCUT2D eigenvalue weighted by atomic mass is 10.0. The van der Waals surface area contributed by atoms with E-state index in [1.807, 2.05) is 36.4 Å². The summed E-state index contributed by atoms with van der Waals surface area (Å²) in [7, 11) is 0. The average molecular weight is 334 g/mol. The molecule has 2 unspecified atom stereocenters. The highest BCUT2D eigenvalue weighted by atomic mass is 16.5. The van der Waals surface area contributed by atoms with Crippen LogP contribution >= 0.6 is 0 Å². The first-order valence-electron chi connectivity index (χ1n) is 8.53. The van der Waals surface area contributed by atoms with E-state index in [4.69, 9.17) is 4.74 Å². The quantitative estimate of drug-likeness (QED) is 0.772. The van der Waals surface area contributed by atoms with Crippen molar-refractivity contribution in [2.45, 2.75) is 12.8 Å². The van der Waals surface area contributed by atoms with Gasteiger partial charge in [-0.25, -0.2) is 9.97 Å². The number of hydrogen-bond acceptors (Lipinski definition) is 4. The standard InChI is InChI=1S/C19H18N4O2/c24-18(13-9-19(13)7-8-25-11-19)23-16-6-5-12(10-20-16)17-21-14-3-1-2-4-15(14)22-17/h1-6,10,13H,7-9,11H2,(H,21,22)(H,20,23,24). The molecule has 126 valence electrons. The Kier molecular flexibility index (Phi) is 3.15. The van der Waals surface area contributed by atoms with Crippen LogP contribution in [0.5, 0.6) is 0 Å². The number of amides is 1. The topological polar surface area (TPSA) is 79.9 Å². The molecule has 25 heavy (non-hydrogen) atoms. The van der Waals surface area contributed by atoms with E-state index in [0.29, 0.717) is 12.4 Å². The SMILES string of the molecule is O=C(Nc1ccc(-c2nc3ccccc3[nH]2)cn1)C1CC12CCOC2. The molecule has 1 saturated carbocycles. The zero-order chi connectivity index (χ0) is 16.9. The Bertz CT molecular complexity index is 908. The van der Waals surface area contributed by atoms with E-state index < -0.39 is 0 Å². The van der Waals surface area contributed by atoms with Crippen LogP contribution in [-0.2, 0) is 9.53 Å². The molecule has 1 aliphatic heterocycles.